The molecule has 0 spiro atoms. The van der Waals surface area contributed by atoms with E-state index in [0.717, 1.165) is 46.2 Å². The van der Waals surface area contributed by atoms with Gasteiger partial charge in [0.2, 0.25) is 5.91 Å². The zero-order chi connectivity index (χ0) is 25.1. The van der Waals surface area contributed by atoms with E-state index in [0.29, 0.717) is 25.1 Å². The van der Waals surface area contributed by atoms with Crippen LogP contribution in [0, 0.1) is 0 Å². The lowest BCUT2D eigenvalue weighted by Crippen LogP contribution is -2.29. The number of anilines is 1. The molecule has 36 heavy (non-hydrogen) atoms. The molecule has 1 unspecified atom stereocenters. The van der Waals surface area contributed by atoms with Crippen molar-refractivity contribution in [2.24, 2.45) is 0 Å². The summed E-state index contributed by atoms with van der Waals surface area (Å²) in [4.78, 5) is 32.5. The van der Waals surface area contributed by atoms with Crippen molar-refractivity contribution >= 4 is 28.4 Å². The molecule has 1 atom stereocenters. The molecule has 1 aromatic heterocycles. The number of aromatic amines is 1. The van der Waals surface area contributed by atoms with Crippen LogP contribution in [0.2, 0.25) is 0 Å². The first kappa shape index (κ1) is 23.7. The third-order valence-electron chi connectivity index (χ3n) is 7.01. The van der Waals surface area contributed by atoms with E-state index in [4.69, 9.17) is 0 Å². The molecule has 4 aromatic rings. The number of benzene rings is 3. The molecule has 0 bridgehead atoms. The molecule has 0 aliphatic carbocycles. The van der Waals surface area contributed by atoms with E-state index in [1.54, 1.807) is 0 Å². The number of nitrogens with zero attached hydrogens (tertiary/aromatic N) is 2. The number of fused-ring (bicyclic) bond motifs is 1. The number of hydrogen-bond donors (Lipinski definition) is 2. The summed E-state index contributed by atoms with van der Waals surface area (Å²) in [6, 6.07) is 24.4. The molecule has 1 aliphatic rings. The Labute approximate surface area is 211 Å². The minimum absolute atomic E-state index is 0.00767. The van der Waals surface area contributed by atoms with Crippen molar-refractivity contribution < 1.29 is 9.59 Å². The average molecular weight is 481 g/mol. The summed E-state index contributed by atoms with van der Waals surface area (Å²) in [6.45, 7) is 1.81. The quantitative estimate of drug-likeness (QED) is 0.376. The fourth-order valence-electron chi connectivity index (χ4n) is 4.99. The highest BCUT2D eigenvalue weighted by atomic mass is 16.2. The maximum Gasteiger partial charge on any atom is 0.251 e. The second-order valence-electron chi connectivity index (χ2n) is 9.66. The number of para-hydroxylation sites is 1. The smallest absolute Gasteiger partial charge is 0.251 e. The highest BCUT2D eigenvalue weighted by Gasteiger charge is 2.22. The van der Waals surface area contributed by atoms with E-state index in [-0.39, 0.29) is 17.7 Å². The predicted octanol–water partition coefficient (Wildman–Crippen LogP) is 4.92. The summed E-state index contributed by atoms with van der Waals surface area (Å²) >= 11 is 0. The van der Waals surface area contributed by atoms with Gasteiger partial charge in [-0.3, -0.25) is 9.59 Å². The molecule has 2 amide bonds. The summed E-state index contributed by atoms with van der Waals surface area (Å²) in [6.07, 6.45) is 3.57. The van der Waals surface area contributed by atoms with Crippen molar-refractivity contribution in [1.29, 1.82) is 0 Å². The van der Waals surface area contributed by atoms with Crippen LogP contribution in [0.1, 0.15) is 45.8 Å². The minimum atomic E-state index is -0.112. The lowest BCUT2D eigenvalue weighted by atomic mass is 9.90. The van der Waals surface area contributed by atoms with Gasteiger partial charge in [-0.05, 0) is 53.4 Å². The largest absolute Gasteiger partial charge is 0.378 e. The molecule has 1 aliphatic heterocycles. The first-order valence-corrected chi connectivity index (χ1v) is 12.5. The molecular weight excluding hydrogens is 448 g/mol. The van der Waals surface area contributed by atoms with Gasteiger partial charge in [0.25, 0.3) is 5.91 Å². The molecule has 2 heterocycles. The third kappa shape index (κ3) is 4.98. The Morgan fingerprint density at radius 2 is 1.86 bits per heavy atom. The Morgan fingerprint density at radius 1 is 1.06 bits per heavy atom. The monoisotopic (exact) mass is 480 g/mol. The van der Waals surface area contributed by atoms with Crippen LogP contribution in [-0.2, 0) is 11.3 Å². The van der Waals surface area contributed by atoms with E-state index < -0.39 is 0 Å². The molecule has 0 radical (unpaired) electrons. The summed E-state index contributed by atoms with van der Waals surface area (Å²) < 4.78 is 0. The first-order chi connectivity index (χ1) is 17.5. The molecule has 1 saturated heterocycles. The summed E-state index contributed by atoms with van der Waals surface area (Å²) in [5.41, 5.74) is 6.11. The fourth-order valence-corrected chi connectivity index (χ4v) is 4.99. The van der Waals surface area contributed by atoms with Gasteiger partial charge in [0.15, 0.2) is 0 Å². The Morgan fingerprint density at radius 3 is 2.61 bits per heavy atom. The number of carbonyl (C=O) groups excluding carboxylic acids is 2. The van der Waals surface area contributed by atoms with Gasteiger partial charge in [0.1, 0.15) is 0 Å². The van der Waals surface area contributed by atoms with Crippen LogP contribution in [0.15, 0.2) is 79.0 Å². The molecule has 184 valence electrons. The number of rotatable bonds is 8. The lowest BCUT2D eigenvalue weighted by Gasteiger charge is -2.20. The molecule has 2 N–H and O–H groups in total. The highest BCUT2D eigenvalue weighted by molar-refractivity contribution is 5.94. The highest BCUT2D eigenvalue weighted by Crippen LogP contribution is 2.31. The number of carbonyl (C=O) groups is 2. The van der Waals surface area contributed by atoms with Gasteiger partial charge in [-0.1, -0.05) is 42.5 Å². The van der Waals surface area contributed by atoms with Gasteiger partial charge >= 0.3 is 0 Å². The van der Waals surface area contributed by atoms with Crippen molar-refractivity contribution in [1.82, 2.24) is 15.2 Å². The van der Waals surface area contributed by atoms with Crippen LogP contribution in [-0.4, -0.2) is 48.9 Å². The molecule has 6 heteroatoms. The Balaban J connectivity index is 1.37. The minimum Gasteiger partial charge on any atom is -0.378 e. The second-order valence-corrected chi connectivity index (χ2v) is 9.66. The maximum atomic E-state index is 13.2. The zero-order valence-electron chi connectivity index (χ0n) is 20.8. The molecular formula is C30H32N4O2. The first-order valence-electron chi connectivity index (χ1n) is 12.5. The fraction of sp³-hybridized carbons (Fsp3) is 0.267. The SMILES string of the molecule is CN(C)c1ccc(C(CNC(=O)c2cccc(CN3CCCC3=O)c2)c2c[nH]c3ccccc23)cc1. The van der Waals surface area contributed by atoms with E-state index in [9.17, 15) is 9.59 Å². The van der Waals surface area contributed by atoms with E-state index >= 15 is 0 Å². The van der Waals surface area contributed by atoms with Crippen LogP contribution in [0.5, 0.6) is 0 Å². The summed E-state index contributed by atoms with van der Waals surface area (Å²) in [5, 5.41) is 4.33. The standard InChI is InChI=1S/C30H32N4O2/c1-33(2)24-14-12-22(13-15-24)26(27-19-31-28-10-4-3-9-25(27)28)18-32-30(36)23-8-5-7-21(17-23)20-34-16-6-11-29(34)35/h3-5,7-10,12-15,17,19,26,31H,6,11,16,18,20H2,1-2H3,(H,32,36). The number of hydrogen-bond acceptors (Lipinski definition) is 3. The van der Waals surface area contributed by atoms with Gasteiger partial charge in [0, 0.05) is 74.4 Å². The third-order valence-corrected chi connectivity index (χ3v) is 7.01. The topological polar surface area (TPSA) is 68.4 Å². The number of nitrogens with one attached hydrogen (secondary N) is 2. The van der Waals surface area contributed by atoms with E-state index in [1.165, 1.54) is 0 Å². The number of aromatic nitrogens is 1. The van der Waals surface area contributed by atoms with Gasteiger partial charge in [-0.25, -0.2) is 0 Å². The predicted molar refractivity (Wildman–Crippen MR) is 144 cm³/mol. The van der Waals surface area contributed by atoms with Crippen molar-refractivity contribution in [2.45, 2.75) is 25.3 Å². The van der Waals surface area contributed by atoms with Gasteiger partial charge < -0.3 is 20.1 Å². The summed E-state index contributed by atoms with van der Waals surface area (Å²) in [7, 11) is 4.06. The maximum absolute atomic E-state index is 13.2. The molecule has 6 nitrogen and oxygen atoms in total. The second kappa shape index (κ2) is 10.3. The van der Waals surface area contributed by atoms with Crippen molar-refractivity contribution in [3.8, 4) is 0 Å². The normalized spacial score (nSPS) is 14.3. The van der Waals surface area contributed by atoms with Crippen LogP contribution < -0.4 is 10.2 Å². The van der Waals surface area contributed by atoms with Crippen molar-refractivity contribution in [2.75, 3.05) is 32.1 Å². The Hall–Kier alpha value is -4.06. The van der Waals surface area contributed by atoms with Crippen molar-refractivity contribution in [3.63, 3.8) is 0 Å². The Kier molecular flexibility index (Phi) is 6.76. The zero-order valence-corrected chi connectivity index (χ0v) is 20.8. The Bertz CT molecular complexity index is 1370. The number of amides is 2. The van der Waals surface area contributed by atoms with Crippen LogP contribution in [0.3, 0.4) is 0 Å². The van der Waals surface area contributed by atoms with E-state index in [1.807, 2.05) is 55.4 Å². The van der Waals surface area contributed by atoms with E-state index in [2.05, 4.69) is 57.8 Å². The summed E-state index contributed by atoms with van der Waals surface area (Å²) in [5.74, 6) is 0.0674. The molecule has 5 rings (SSSR count). The molecule has 0 saturated carbocycles. The lowest BCUT2D eigenvalue weighted by molar-refractivity contribution is -0.128. The van der Waals surface area contributed by atoms with Crippen LogP contribution in [0.4, 0.5) is 5.69 Å². The molecule has 3 aromatic carbocycles. The van der Waals surface area contributed by atoms with Gasteiger partial charge in [-0.2, -0.15) is 0 Å². The van der Waals surface area contributed by atoms with Crippen LogP contribution in [0.25, 0.3) is 10.9 Å². The van der Waals surface area contributed by atoms with Crippen molar-refractivity contribution in [3.05, 3.63) is 101 Å². The number of likely N-dealkylation sites (tertiary alicyclic amines) is 1. The average Bonchev–Trinajstić information content (AvgIpc) is 3.51. The van der Waals surface area contributed by atoms with Crippen LogP contribution >= 0.6 is 0 Å². The van der Waals surface area contributed by atoms with Gasteiger partial charge in [-0.15, -0.1) is 0 Å². The number of H-pyrrole nitrogens is 1. The molecule has 1 fully saturated rings. The van der Waals surface area contributed by atoms with Gasteiger partial charge in [0.05, 0.1) is 0 Å².